The molecule has 0 bridgehead atoms. The third kappa shape index (κ3) is 44.0. The van der Waals surface area contributed by atoms with E-state index in [0.717, 1.165) is 63.7 Å². The molecule has 0 N–H and O–H groups in total. The molecule has 0 fully saturated rings. The van der Waals surface area contributed by atoms with Crippen molar-refractivity contribution in [1.29, 1.82) is 0 Å². The van der Waals surface area contributed by atoms with Crippen molar-refractivity contribution in [2.45, 2.75) is 297 Å². The van der Waals surface area contributed by atoms with Gasteiger partial charge in [0.2, 0.25) is 0 Å². The number of esters is 3. The first-order chi connectivity index (χ1) is 28.4. The van der Waals surface area contributed by atoms with Gasteiger partial charge < -0.3 is 14.2 Å². The van der Waals surface area contributed by atoms with Gasteiger partial charge in [0.25, 0.3) is 0 Å². The van der Waals surface area contributed by atoms with E-state index in [4.69, 9.17) is 14.2 Å². The maximum Gasteiger partial charge on any atom is 0.306 e. The Morgan fingerprint density at radius 1 is 0.345 bits per heavy atom. The Hall–Kier alpha value is -1.59. The molecular formula is C52H100O6. The average molecular weight is 821 g/mol. The lowest BCUT2D eigenvalue weighted by Gasteiger charge is -2.18. The van der Waals surface area contributed by atoms with Gasteiger partial charge in [-0.15, -0.1) is 0 Å². The van der Waals surface area contributed by atoms with Crippen molar-refractivity contribution >= 4 is 17.9 Å². The van der Waals surface area contributed by atoms with E-state index in [0.29, 0.717) is 19.3 Å². The van der Waals surface area contributed by atoms with Gasteiger partial charge in [-0.3, -0.25) is 14.4 Å². The number of carbonyl (C=O) groups excluding carboxylic acids is 3. The molecule has 0 aromatic carbocycles. The molecule has 0 aliphatic carbocycles. The van der Waals surface area contributed by atoms with Crippen molar-refractivity contribution in [3.63, 3.8) is 0 Å². The van der Waals surface area contributed by atoms with E-state index in [-0.39, 0.29) is 31.1 Å². The van der Waals surface area contributed by atoms with Crippen LogP contribution >= 0.6 is 0 Å². The summed E-state index contributed by atoms with van der Waals surface area (Å²) in [5, 5.41) is 0. The second-order valence-electron chi connectivity index (χ2n) is 18.1. The van der Waals surface area contributed by atoms with Crippen molar-refractivity contribution in [3.05, 3.63) is 0 Å². The number of hydrogen-bond donors (Lipinski definition) is 0. The maximum absolute atomic E-state index is 12.7. The smallest absolute Gasteiger partial charge is 0.306 e. The molecule has 0 saturated heterocycles. The monoisotopic (exact) mass is 821 g/mol. The van der Waals surface area contributed by atoms with Crippen LogP contribution < -0.4 is 0 Å². The fraction of sp³-hybridized carbons (Fsp3) is 0.942. The van der Waals surface area contributed by atoms with Crippen molar-refractivity contribution in [1.82, 2.24) is 0 Å². The number of unbranched alkanes of at least 4 members (excludes halogenated alkanes) is 33. The first-order valence-corrected chi connectivity index (χ1v) is 25.9. The molecule has 0 aliphatic rings. The van der Waals surface area contributed by atoms with Crippen molar-refractivity contribution in [2.75, 3.05) is 13.2 Å². The minimum absolute atomic E-state index is 0.0636. The molecule has 0 rings (SSSR count). The highest BCUT2D eigenvalue weighted by atomic mass is 16.6. The van der Waals surface area contributed by atoms with Gasteiger partial charge >= 0.3 is 17.9 Å². The van der Waals surface area contributed by atoms with E-state index in [1.165, 1.54) is 186 Å². The average Bonchev–Trinajstić information content (AvgIpc) is 3.22. The van der Waals surface area contributed by atoms with Crippen LogP contribution in [0.15, 0.2) is 0 Å². The molecular weight excluding hydrogens is 721 g/mol. The summed E-state index contributed by atoms with van der Waals surface area (Å²) in [4.78, 5) is 37.8. The maximum atomic E-state index is 12.7. The number of ether oxygens (including phenoxy) is 3. The normalized spacial score (nSPS) is 12.4. The van der Waals surface area contributed by atoms with E-state index in [2.05, 4.69) is 27.7 Å². The van der Waals surface area contributed by atoms with E-state index in [1.807, 2.05) is 0 Å². The zero-order valence-corrected chi connectivity index (χ0v) is 39.5. The van der Waals surface area contributed by atoms with E-state index in [9.17, 15) is 14.4 Å². The zero-order chi connectivity index (χ0) is 42.4. The Morgan fingerprint density at radius 3 is 0.897 bits per heavy atom. The topological polar surface area (TPSA) is 78.9 Å². The Bertz CT molecular complexity index is 874. The Labute approximate surface area is 361 Å². The molecule has 6 nitrogen and oxygen atoms in total. The van der Waals surface area contributed by atoms with Crippen molar-refractivity contribution in [2.24, 2.45) is 5.92 Å². The van der Waals surface area contributed by atoms with Gasteiger partial charge in [0, 0.05) is 19.3 Å². The lowest BCUT2D eigenvalue weighted by Crippen LogP contribution is -2.30. The molecule has 0 aliphatic heterocycles. The third-order valence-electron chi connectivity index (χ3n) is 12.2. The van der Waals surface area contributed by atoms with Gasteiger partial charge in [-0.25, -0.2) is 0 Å². The lowest BCUT2D eigenvalue weighted by molar-refractivity contribution is -0.167. The minimum atomic E-state index is -0.760. The highest BCUT2D eigenvalue weighted by Crippen LogP contribution is 2.17. The van der Waals surface area contributed by atoms with Crippen LogP contribution in [-0.4, -0.2) is 37.2 Å². The number of carbonyl (C=O) groups is 3. The van der Waals surface area contributed by atoms with E-state index in [1.54, 1.807) is 0 Å². The van der Waals surface area contributed by atoms with Gasteiger partial charge in [-0.05, 0) is 25.2 Å². The summed E-state index contributed by atoms with van der Waals surface area (Å²) in [7, 11) is 0. The highest BCUT2D eigenvalue weighted by molar-refractivity contribution is 5.71. The lowest BCUT2D eigenvalue weighted by atomic mass is 10.00. The molecule has 6 heteroatoms. The van der Waals surface area contributed by atoms with Crippen LogP contribution in [0.4, 0.5) is 0 Å². The largest absolute Gasteiger partial charge is 0.462 e. The molecule has 0 aromatic rings. The van der Waals surface area contributed by atoms with Crippen molar-refractivity contribution < 1.29 is 28.6 Å². The molecule has 0 saturated carbocycles. The molecule has 0 aromatic heterocycles. The molecule has 0 radical (unpaired) electrons. The number of hydrogen-bond acceptors (Lipinski definition) is 6. The summed E-state index contributed by atoms with van der Waals surface area (Å²) in [6.45, 7) is 8.99. The van der Waals surface area contributed by atoms with Crippen LogP contribution in [-0.2, 0) is 28.6 Å². The molecule has 0 amide bonds. The first-order valence-electron chi connectivity index (χ1n) is 25.9. The van der Waals surface area contributed by atoms with Crippen LogP contribution in [0.2, 0.25) is 0 Å². The Morgan fingerprint density at radius 2 is 0.603 bits per heavy atom. The summed E-state index contributed by atoms with van der Waals surface area (Å²) in [6, 6.07) is 0. The van der Waals surface area contributed by atoms with E-state index >= 15 is 0 Å². The van der Waals surface area contributed by atoms with Gasteiger partial charge in [0.05, 0.1) is 0 Å². The highest BCUT2D eigenvalue weighted by Gasteiger charge is 2.19. The van der Waals surface area contributed by atoms with Crippen LogP contribution in [0.3, 0.4) is 0 Å². The SMILES string of the molecule is CCCCCCCCCCCCCCCCCCCCCC(=O)OC[C@H](COC(=O)CCCCCCCCC(C)CC)OC(=O)CCCCCCCCCCCCC. The molecule has 2 atom stereocenters. The van der Waals surface area contributed by atoms with Gasteiger partial charge in [-0.1, -0.05) is 252 Å². The molecule has 1 unspecified atom stereocenters. The summed E-state index contributed by atoms with van der Waals surface area (Å²) in [5.41, 5.74) is 0. The molecule has 0 spiro atoms. The third-order valence-corrected chi connectivity index (χ3v) is 12.2. The predicted octanol–water partition coefficient (Wildman–Crippen LogP) is 16.7. The van der Waals surface area contributed by atoms with Crippen LogP contribution in [0.5, 0.6) is 0 Å². The second-order valence-corrected chi connectivity index (χ2v) is 18.1. The van der Waals surface area contributed by atoms with Crippen molar-refractivity contribution in [3.8, 4) is 0 Å². The second kappa shape index (κ2) is 46.5. The van der Waals surface area contributed by atoms with Gasteiger partial charge in [0.1, 0.15) is 13.2 Å². The summed E-state index contributed by atoms with van der Waals surface area (Å²) in [5.74, 6) is -0.0353. The summed E-state index contributed by atoms with van der Waals surface area (Å²) < 4.78 is 16.8. The first kappa shape index (κ1) is 56.4. The molecule has 344 valence electrons. The standard InChI is InChI=1S/C52H100O6/c1-5-8-10-12-14-16-18-19-20-21-22-23-24-25-27-28-30-35-39-43-50(53)56-46-49(47-57-51(54)44-40-36-33-32-34-38-42-48(4)7-3)58-52(55)45-41-37-31-29-26-17-15-13-11-9-6-2/h48-49H,5-47H2,1-4H3/t48?,49-/m1/s1. The Kier molecular flexibility index (Phi) is 45.2. The summed E-state index contributed by atoms with van der Waals surface area (Å²) in [6.07, 6.45) is 48.1. The fourth-order valence-corrected chi connectivity index (χ4v) is 7.83. The summed E-state index contributed by atoms with van der Waals surface area (Å²) >= 11 is 0. The fourth-order valence-electron chi connectivity index (χ4n) is 7.83. The minimum Gasteiger partial charge on any atom is -0.462 e. The number of rotatable bonds is 47. The predicted molar refractivity (Wildman–Crippen MR) is 247 cm³/mol. The zero-order valence-electron chi connectivity index (χ0n) is 39.5. The van der Waals surface area contributed by atoms with Gasteiger partial charge in [-0.2, -0.15) is 0 Å². The molecule has 58 heavy (non-hydrogen) atoms. The van der Waals surface area contributed by atoms with E-state index < -0.39 is 6.10 Å². The Balaban J connectivity index is 4.22. The quantitative estimate of drug-likeness (QED) is 0.0346. The van der Waals surface area contributed by atoms with Crippen LogP contribution in [0.1, 0.15) is 291 Å². The van der Waals surface area contributed by atoms with Crippen LogP contribution in [0, 0.1) is 5.92 Å². The molecule has 0 heterocycles. The van der Waals surface area contributed by atoms with Gasteiger partial charge in [0.15, 0.2) is 6.10 Å². The van der Waals surface area contributed by atoms with Crippen LogP contribution in [0.25, 0.3) is 0 Å².